The highest BCUT2D eigenvalue weighted by Crippen LogP contribution is 2.21. The highest BCUT2D eigenvalue weighted by atomic mass is 35.5. The molecule has 27 heteroatoms. The molecule has 5 aromatic rings. The summed E-state index contributed by atoms with van der Waals surface area (Å²) in [6, 6.07) is 18.1. The van der Waals surface area contributed by atoms with Crippen molar-refractivity contribution in [2.75, 3.05) is 28.4 Å². The van der Waals surface area contributed by atoms with Crippen LogP contribution in [-0.2, 0) is 75.0 Å². The van der Waals surface area contributed by atoms with Crippen LogP contribution >= 0.6 is 24.0 Å². The van der Waals surface area contributed by atoms with E-state index in [0.717, 1.165) is 23.8 Å². The van der Waals surface area contributed by atoms with E-state index in [9.17, 15) is 59.1 Å². The molecular weight excluding hydrogens is 1010 g/mol. The fourth-order valence-electron chi connectivity index (χ4n) is 5.88. The summed E-state index contributed by atoms with van der Waals surface area (Å²) >= 11 is 6.12. The second-order valence-electron chi connectivity index (χ2n) is 14.9. The number of aromatic amines is 1. The van der Waals surface area contributed by atoms with Crippen LogP contribution in [0.3, 0.4) is 0 Å². The van der Waals surface area contributed by atoms with E-state index >= 15 is 0 Å². The lowest BCUT2D eigenvalue weighted by Crippen LogP contribution is -2.26. The van der Waals surface area contributed by atoms with Crippen LogP contribution in [0.5, 0.6) is 0 Å². The standard InChI is InChI=1S/C15H14ClN3O4.C15H15N3O5.C8H9N3O2.C8H12O5.ClH/c1-9-12(8-14(20)23-2)15(16)18-13(17-9)7-10-3-5-11(6-4-10)19(21)22;1-9-12(8-14(19)23-2)15(20)17-13(16-9)7-10-3-5-11(6-4-10)18(21)22;9-8(10)5-6-1-3-7(4-2-6)11(12)13;1-5(9)6(8(11)13-3)4-7(10)12-2;/h3-6H,7-8H2,1-2H3;3-6H,7-8H2,1-2H3,(H,16,17,20);1-4H,5H2,(H3,9,10);6H,4H2,1-3H3;1H. The predicted octanol–water partition coefficient (Wildman–Crippen LogP) is 5.37. The molecule has 3 aromatic carbocycles. The van der Waals surface area contributed by atoms with E-state index in [0.29, 0.717) is 47.9 Å². The van der Waals surface area contributed by atoms with Gasteiger partial charge in [-0.3, -0.25) is 64.5 Å². The summed E-state index contributed by atoms with van der Waals surface area (Å²) in [5.41, 5.74) is 9.12. The molecule has 0 spiro atoms. The van der Waals surface area contributed by atoms with Gasteiger partial charge in [-0.15, -0.1) is 12.4 Å². The summed E-state index contributed by atoms with van der Waals surface area (Å²) in [5.74, 6) is -2.73. The molecule has 2 heterocycles. The summed E-state index contributed by atoms with van der Waals surface area (Å²) in [4.78, 5) is 113. The molecule has 390 valence electrons. The van der Waals surface area contributed by atoms with E-state index in [-0.39, 0.29) is 70.8 Å². The second kappa shape index (κ2) is 30.9. The van der Waals surface area contributed by atoms with Crippen molar-refractivity contribution in [3.63, 3.8) is 0 Å². The first-order chi connectivity index (χ1) is 33.9. The highest BCUT2D eigenvalue weighted by Gasteiger charge is 2.27. The van der Waals surface area contributed by atoms with Crippen molar-refractivity contribution in [3.8, 4) is 0 Å². The maximum atomic E-state index is 12.1. The number of esters is 4. The summed E-state index contributed by atoms with van der Waals surface area (Å²) in [7, 11) is 4.91. The molecule has 25 nitrogen and oxygen atoms in total. The van der Waals surface area contributed by atoms with Crippen molar-refractivity contribution >= 4 is 76.6 Å². The molecule has 5 rings (SSSR count). The first-order valence-electron chi connectivity index (χ1n) is 20.8. The number of rotatable bonds is 17. The van der Waals surface area contributed by atoms with Crippen molar-refractivity contribution in [2.24, 2.45) is 11.7 Å². The average Bonchev–Trinajstić information content (AvgIpc) is 3.33. The van der Waals surface area contributed by atoms with Crippen molar-refractivity contribution in [3.05, 3.63) is 170 Å². The van der Waals surface area contributed by atoms with Crippen molar-refractivity contribution < 1.29 is 57.7 Å². The molecule has 2 aromatic heterocycles. The Morgan fingerprint density at radius 1 is 0.644 bits per heavy atom. The lowest BCUT2D eigenvalue weighted by atomic mass is 10.0. The zero-order valence-electron chi connectivity index (χ0n) is 40.3. The number of Topliss-reactive ketones (excluding diaryl/α,β-unsaturated/α-hetero) is 1. The lowest BCUT2D eigenvalue weighted by Gasteiger charge is -2.09. The van der Waals surface area contributed by atoms with Gasteiger partial charge in [-0.1, -0.05) is 48.0 Å². The second-order valence-corrected chi connectivity index (χ2v) is 15.2. The highest BCUT2D eigenvalue weighted by molar-refractivity contribution is 6.30. The minimum absolute atomic E-state index is 0. The Morgan fingerprint density at radius 2 is 1.05 bits per heavy atom. The number of hydrogen-bond donors (Lipinski definition) is 3. The number of hydrogen-bond acceptors (Lipinski definition) is 20. The number of non-ortho nitro benzene ring substituents is 3. The number of amidine groups is 1. The summed E-state index contributed by atoms with van der Waals surface area (Å²) < 4.78 is 17.8. The van der Waals surface area contributed by atoms with Crippen LogP contribution in [0.1, 0.15) is 64.2 Å². The molecule has 4 N–H and O–H groups in total. The van der Waals surface area contributed by atoms with E-state index in [1.54, 1.807) is 50.2 Å². The number of ether oxygens (including phenoxy) is 4. The average molecular weight is 1060 g/mol. The minimum Gasteiger partial charge on any atom is -0.469 e. The fraction of sp³-hybridized carbons (Fsp3) is 0.304. The number of nitrogens with one attached hydrogen (secondary N) is 2. The number of nitro benzene ring substituents is 3. The maximum absolute atomic E-state index is 12.1. The molecule has 0 saturated carbocycles. The van der Waals surface area contributed by atoms with E-state index in [4.69, 9.17) is 22.7 Å². The molecule has 0 radical (unpaired) electrons. The van der Waals surface area contributed by atoms with Gasteiger partial charge in [0.1, 0.15) is 28.5 Å². The molecule has 73 heavy (non-hydrogen) atoms. The maximum Gasteiger partial charge on any atom is 0.316 e. The first kappa shape index (κ1) is 62.4. The fourth-order valence-corrected chi connectivity index (χ4v) is 6.18. The Labute approximate surface area is 427 Å². The zero-order chi connectivity index (χ0) is 54.2. The van der Waals surface area contributed by atoms with Gasteiger partial charge in [-0.25, -0.2) is 15.0 Å². The number of benzene rings is 3. The minimum atomic E-state index is -1.04. The Morgan fingerprint density at radius 3 is 1.42 bits per heavy atom. The van der Waals surface area contributed by atoms with Crippen LogP contribution in [0.2, 0.25) is 5.15 Å². The predicted molar refractivity (Wildman–Crippen MR) is 263 cm³/mol. The number of H-pyrrole nitrogens is 1. The monoisotopic (exact) mass is 1060 g/mol. The van der Waals surface area contributed by atoms with Gasteiger partial charge in [0.2, 0.25) is 0 Å². The van der Waals surface area contributed by atoms with Crippen LogP contribution < -0.4 is 11.3 Å². The molecule has 0 bridgehead atoms. The number of nitrogens with two attached hydrogens (primary N) is 1. The number of nitrogens with zero attached hydrogens (tertiary/aromatic N) is 6. The molecular formula is C46H51Cl2N9O16. The summed E-state index contributed by atoms with van der Waals surface area (Å²) in [6.07, 6.45) is 0.654. The number of methoxy groups -OCH3 is 4. The normalized spacial score (nSPS) is 10.3. The third-order valence-corrected chi connectivity index (χ3v) is 10.0. The largest absolute Gasteiger partial charge is 0.469 e. The molecule has 0 aliphatic carbocycles. The Bertz CT molecular complexity index is 2800. The summed E-state index contributed by atoms with van der Waals surface area (Å²) in [6.45, 7) is 4.61. The Balaban J connectivity index is 0.000000502. The molecule has 0 fully saturated rings. The van der Waals surface area contributed by atoms with Crippen molar-refractivity contribution in [1.29, 1.82) is 5.41 Å². The van der Waals surface area contributed by atoms with Gasteiger partial charge in [0.25, 0.3) is 22.6 Å². The van der Waals surface area contributed by atoms with Gasteiger partial charge in [0.05, 0.1) is 68.3 Å². The smallest absolute Gasteiger partial charge is 0.316 e. The molecule has 1 unspecified atom stereocenters. The quantitative estimate of drug-likeness (QED) is 0.0154. The third kappa shape index (κ3) is 21.5. The van der Waals surface area contributed by atoms with E-state index in [2.05, 4.69) is 38.9 Å². The zero-order valence-corrected chi connectivity index (χ0v) is 41.9. The van der Waals surface area contributed by atoms with Crippen LogP contribution in [-0.4, -0.2) is 98.6 Å². The van der Waals surface area contributed by atoms with Gasteiger partial charge >= 0.3 is 23.9 Å². The van der Waals surface area contributed by atoms with E-state index in [1.807, 2.05) is 0 Å². The number of ketones is 1. The number of aromatic nitrogens is 4. The Hall–Kier alpha value is -8.58. The molecule has 1 atom stereocenters. The van der Waals surface area contributed by atoms with Crippen LogP contribution in [0.15, 0.2) is 77.6 Å². The number of carbonyl (C=O) groups is 5. The van der Waals surface area contributed by atoms with Gasteiger partial charge in [0.15, 0.2) is 0 Å². The molecule has 0 aliphatic heterocycles. The summed E-state index contributed by atoms with van der Waals surface area (Å²) in [5, 5.41) is 38.7. The topological polar surface area (TPSA) is 373 Å². The third-order valence-electron chi connectivity index (χ3n) is 9.72. The molecule has 0 aliphatic rings. The van der Waals surface area contributed by atoms with Gasteiger partial charge in [-0.2, -0.15) is 0 Å². The number of aryl methyl sites for hydroxylation is 2. The van der Waals surface area contributed by atoms with Crippen molar-refractivity contribution in [1.82, 2.24) is 19.9 Å². The Kier molecular flexibility index (Phi) is 26.4. The van der Waals surface area contributed by atoms with Gasteiger partial charge < -0.3 is 29.7 Å². The van der Waals surface area contributed by atoms with Gasteiger partial charge in [-0.05, 0) is 37.5 Å². The number of halogens is 2. The molecule has 0 saturated heterocycles. The van der Waals surface area contributed by atoms with Crippen molar-refractivity contribution in [2.45, 2.75) is 59.3 Å². The number of nitro groups is 3. The van der Waals surface area contributed by atoms with Crippen LogP contribution in [0, 0.1) is 55.5 Å². The van der Waals surface area contributed by atoms with E-state index < -0.39 is 50.3 Å². The number of carbonyl (C=O) groups excluding carboxylic acids is 5. The van der Waals surface area contributed by atoms with Crippen LogP contribution in [0.4, 0.5) is 17.1 Å². The van der Waals surface area contributed by atoms with Gasteiger partial charge in [0, 0.05) is 78.2 Å². The van der Waals surface area contributed by atoms with Crippen LogP contribution in [0.25, 0.3) is 0 Å². The van der Waals surface area contributed by atoms with E-state index in [1.165, 1.54) is 64.7 Å². The molecule has 0 amide bonds. The SMILES string of the molecule is COC(=O)CC(C(C)=O)C(=O)OC.COC(=O)Cc1c(C)nc(Cc2ccc([N+](=O)[O-])cc2)[nH]c1=O.COC(=O)Cc1c(C)nc(Cc2ccc([N+](=O)[O-])cc2)nc1Cl.Cl.N=C(N)Cc1ccc([N+](=O)[O-])cc1. The first-order valence-corrected chi connectivity index (χ1v) is 21.2. The lowest BCUT2D eigenvalue weighted by molar-refractivity contribution is -0.385.